The monoisotopic (exact) mass is 331 g/mol. The molecule has 1 fully saturated rings. The summed E-state index contributed by atoms with van der Waals surface area (Å²) in [5.74, 6) is -0.702. The molecule has 0 unspecified atom stereocenters. The minimum Gasteiger partial charge on any atom is -0.383 e. The van der Waals surface area contributed by atoms with E-state index in [4.69, 9.17) is 8.92 Å². The van der Waals surface area contributed by atoms with Gasteiger partial charge in [0.2, 0.25) is 0 Å². The smallest absolute Gasteiger partial charge is 0.306 e. The highest BCUT2D eigenvalue weighted by Crippen LogP contribution is 2.33. The van der Waals surface area contributed by atoms with Crippen LogP contribution in [-0.2, 0) is 14.9 Å². The van der Waals surface area contributed by atoms with Crippen molar-refractivity contribution in [2.24, 2.45) is 0 Å². The highest BCUT2D eigenvalue weighted by molar-refractivity contribution is 7.86. The van der Waals surface area contributed by atoms with Crippen molar-refractivity contribution in [3.63, 3.8) is 0 Å². The molecule has 7 heteroatoms. The summed E-state index contributed by atoms with van der Waals surface area (Å²) in [5.41, 5.74) is 0.535. The van der Waals surface area contributed by atoms with Gasteiger partial charge in [0.25, 0.3) is 0 Å². The largest absolute Gasteiger partial charge is 0.383 e. The standard InChI is InChI=1S/C15H22FNO4S/c1-20-11-10-17-8-6-12(7-9-17)13-4-3-5-14(15(13)16)21-22(2,18)19/h3-5,12H,6-11H2,1-2H3. The molecule has 1 aromatic rings. The molecule has 124 valence electrons. The molecular weight excluding hydrogens is 309 g/mol. The third-order valence-corrected chi connectivity index (χ3v) is 4.36. The van der Waals surface area contributed by atoms with Crippen molar-refractivity contribution in [1.82, 2.24) is 4.90 Å². The van der Waals surface area contributed by atoms with Crippen LogP contribution in [0.15, 0.2) is 18.2 Å². The van der Waals surface area contributed by atoms with Gasteiger partial charge in [0.1, 0.15) is 0 Å². The van der Waals surface area contributed by atoms with Gasteiger partial charge in [0, 0.05) is 13.7 Å². The van der Waals surface area contributed by atoms with Crippen LogP contribution < -0.4 is 4.18 Å². The van der Waals surface area contributed by atoms with Crippen molar-refractivity contribution in [2.75, 3.05) is 39.6 Å². The quantitative estimate of drug-likeness (QED) is 0.746. The highest BCUT2D eigenvalue weighted by Gasteiger charge is 2.24. The van der Waals surface area contributed by atoms with Crippen LogP contribution in [0.5, 0.6) is 5.75 Å². The van der Waals surface area contributed by atoms with Gasteiger partial charge in [-0.05, 0) is 43.5 Å². The Hall–Kier alpha value is -1.18. The topological polar surface area (TPSA) is 55.8 Å². The molecule has 0 saturated carbocycles. The fourth-order valence-electron chi connectivity index (χ4n) is 2.76. The number of hydrogen-bond acceptors (Lipinski definition) is 5. The molecule has 0 aromatic heterocycles. The Morgan fingerprint density at radius 2 is 2.00 bits per heavy atom. The molecule has 22 heavy (non-hydrogen) atoms. The molecule has 0 bridgehead atoms. The number of halogens is 1. The molecule has 0 N–H and O–H groups in total. The van der Waals surface area contributed by atoms with E-state index in [0.29, 0.717) is 12.2 Å². The summed E-state index contributed by atoms with van der Waals surface area (Å²) in [4.78, 5) is 2.29. The van der Waals surface area contributed by atoms with E-state index < -0.39 is 15.9 Å². The summed E-state index contributed by atoms with van der Waals surface area (Å²) in [6, 6.07) is 4.68. The van der Waals surface area contributed by atoms with Crippen LogP contribution in [0.2, 0.25) is 0 Å². The van der Waals surface area contributed by atoms with E-state index >= 15 is 0 Å². The number of ether oxygens (including phenoxy) is 1. The Balaban J connectivity index is 2.06. The molecule has 0 radical (unpaired) electrons. The van der Waals surface area contributed by atoms with Crippen LogP contribution in [-0.4, -0.2) is 52.9 Å². The molecule has 1 aliphatic heterocycles. The van der Waals surface area contributed by atoms with Gasteiger partial charge in [-0.1, -0.05) is 12.1 Å². The van der Waals surface area contributed by atoms with Crippen molar-refractivity contribution in [1.29, 1.82) is 0 Å². The first kappa shape index (κ1) is 17.2. The van der Waals surface area contributed by atoms with Crippen LogP contribution in [0.4, 0.5) is 4.39 Å². The Bertz CT molecular complexity index is 598. The van der Waals surface area contributed by atoms with E-state index in [1.54, 1.807) is 19.2 Å². The maximum atomic E-state index is 14.5. The van der Waals surface area contributed by atoms with E-state index in [0.717, 1.165) is 38.7 Å². The lowest BCUT2D eigenvalue weighted by molar-refractivity contribution is 0.130. The summed E-state index contributed by atoms with van der Waals surface area (Å²) in [7, 11) is -2.05. The molecule has 1 aliphatic rings. The van der Waals surface area contributed by atoms with Crippen molar-refractivity contribution in [3.05, 3.63) is 29.6 Å². The van der Waals surface area contributed by atoms with Gasteiger partial charge in [-0.2, -0.15) is 8.42 Å². The molecule has 0 aliphatic carbocycles. The fraction of sp³-hybridized carbons (Fsp3) is 0.600. The first-order valence-corrected chi connectivity index (χ1v) is 9.11. The van der Waals surface area contributed by atoms with Crippen molar-refractivity contribution >= 4 is 10.1 Å². The first-order chi connectivity index (χ1) is 10.4. The Morgan fingerprint density at radius 1 is 1.32 bits per heavy atom. The summed E-state index contributed by atoms with van der Waals surface area (Å²) in [5, 5.41) is 0. The number of rotatable bonds is 6. The average molecular weight is 331 g/mol. The van der Waals surface area contributed by atoms with Crippen molar-refractivity contribution in [3.8, 4) is 5.75 Å². The van der Waals surface area contributed by atoms with Gasteiger partial charge >= 0.3 is 10.1 Å². The van der Waals surface area contributed by atoms with Gasteiger partial charge in [0.05, 0.1) is 12.9 Å². The second-order valence-electron chi connectivity index (χ2n) is 5.56. The number of hydrogen-bond donors (Lipinski definition) is 0. The molecule has 1 aromatic carbocycles. The van der Waals surface area contributed by atoms with Gasteiger partial charge in [-0.3, -0.25) is 0 Å². The number of methoxy groups -OCH3 is 1. The number of likely N-dealkylation sites (tertiary alicyclic amines) is 1. The van der Waals surface area contributed by atoms with Gasteiger partial charge in [0.15, 0.2) is 11.6 Å². The third-order valence-electron chi connectivity index (χ3n) is 3.87. The second-order valence-corrected chi connectivity index (χ2v) is 7.13. The van der Waals surface area contributed by atoms with Gasteiger partial charge in [-0.15, -0.1) is 0 Å². The van der Waals surface area contributed by atoms with E-state index in [9.17, 15) is 12.8 Å². The van der Waals surface area contributed by atoms with Crippen LogP contribution in [0.3, 0.4) is 0 Å². The van der Waals surface area contributed by atoms with E-state index in [-0.39, 0.29) is 11.7 Å². The third kappa shape index (κ3) is 4.66. The lowest BCUT2D eigenvalue weighted by atomic mass is 9.89. The summed E-state index contributed by atoms with van der Waals surface area (Å²) < 4.78 is 46.6. The zero-order valence-electron chi connectivity index (χ0n) is 12.9. The van der Waals surface area contributed by atoms with E-state index in [1.165, 1.54) is 6.07 Å². The number of benzene rings is 1. The highest BCUT2D eigenvalue weighted by atomic mass is 32.2. The molecule has 5 nitrogen and oxygen atoms in total. The predicted octanol–water partition coefficient (Wildman–Crippen LogP) is 1.99. The van der Waals surface area contributed by atoms with Crippen LogP contribution >= 0.6 is 0 Å². The maximum Gasteiger partial charge on any atom is 0.306 e. The normalized spacial score (nSPS) is 17.6. The van der Waals surface area contributed by atoms with Crippen molar-refractivity contribution in [2.45, 2.75) is 18.8 Å². The minimum absolute atomic E-state index is 0.0851. The first-order valence-electron chi connectivity index (χ1n) is 7.30. The minimum atomic E-state index is -3.73. The molecule has 0 amide bonds. The predicted molar refractivity (Wildman–Crippen MR) is 82.2 cm³/mol. The summed E-state index contributed by atoms with van der Waals surface area (Å²) in [6.45, 7) is 3.33. The molecule has 2 rings (SSSR count). The van der Waals surface area contributed by atoms with Gasteiger partial charge < -0.3 is 13.8 Å². The van der Waals surface area contributed by atoms with Crippen LogP contribution in [0.25, 0.3) is 0 Å². The Kier molecular flexibility index (Phi) is 5.77. The molecule has 0 atom stereocenters. The fourth-order valence-corrected chi connectivity index (χ4v) is 3.21. The maximum absolute atomic E-state index is 14.5. The number of piperidine rings is 1. The molecule has 1 heterocycles. The van der Waals surface area contributed by atoms with Crippen molar-refractivity contribution < 1.29 is 21.7 Å². The van der Waals surface area contributed by atoms with E-state index in [2.05, 4.69) is 4.90 Å². The molecule has 1 saturated heterocycles. The van der Waals surface area contributed by atoms with E-state index in [1.807, 2.05) is 0 Å². The average Bonchev–Trinajstić information content (AvgIpc) is 2.47. The molecular formula is C15H22FNO4S. The summed E-state index contributed by atoms with van der Waals surface area (Å²) in [6.07, 6.45) is 2.58. The zero-order chi connectivity index (χ0) is 16.2. The Morgan fingerprint density at radius 3 is 2.59 bits per heavy atom. The lowest BCUT2D eigenvalue weighted by Gasteiger charge is -2.32. The lowest BCUT2D eigenvalue weighted by Crippen LogP contribution is -2.35. The second kappa shape index (κ2) is 7.39. The molecule has 0 spiro atoms. The Labute approximate surface area is 131 Å². The zero-order valence-corrected chi connectivity index (χ0v) is 13.7. The number of nitrogens with zero attached hydrogens (tertiary/aromatic N) is 1. The van der Waals surface area contributed by atoms with Crippen LogP contribution in [0.1, 0.15) is 24.3 Å². The summed E-state index contributed by atoms with van der Waals surface area (Å²) >= 11 is 0. The SMILES string of the molecule is COCCN1CCC(c2cccc(OS(C)(=O)=O)c2F)CC1. The van der Waals surface area contributed by atoms with Gasteiger partial charge in [-0.25, -0.2) is 4.39 Å². The van der Waals surface area contributed by atoms with Crippen LogP contribution in [0, 0.1) is 5.82 Å².